The summed E-state index contributed by atoms with van der Waals surface area (Å²) in [5, 5.41) is 11.8. The molecule has 166 valence electrons. The molecule has 0 spiro atoms. The predicted molar refractivity (Wildman–Crippen MR) is 111 cm³/mol. The van der Waals surface area contributed by atoms with Crippen LogP contribution in [0.5, 0.6) is 0 Å². The van der Waals surface area contributed by atoms with Crippen molar-refractivity contribution in [2.24, 2.45) is 16.7 Å². The van der Waals surface area contributed by atoms with Gasteiger partial charge in [0, 0.05) is 18.7 Å². The fraction of sp³-hybridized carbons (Fsp3) is 0.591. The molecular weight excluding hydrogens is 389 g/mol. The Balaban J connectivity index is 2.33. The molecule has 0 aliphatic carbocycles. The molecule has 30 heavy (non-hydrogen) atoms. The first-order valence-electron chi connectivity index (χ1n) is 10.2. The lowest BCUT2D eigenvalue weighted by atomic mass is 9.75. The van der Waals surface area contributed by atoms with E-state index < -0.39 is 28.6 Å². The van der Waals surface area contributed by atoms with Crippen LogP contribution in [0.15, 0.2) is 24.3 Å². The number of anilines is 1. The Hall–Kier alpha value is -2.48. The third-order valence-electron chi connectivity index (χ3n) is 5.46. The number of rotatable bonds is 7. The van der Waals surface area contributed by atoms with Gasteiger partial charge in [0.05, 0.1) is 5.41 Å². The highest BCUT2D eigenvalue weighted by Crippen LogP contribution is 2.44. The summed E-state index contributed by atoms with van der Waals surface area (Å²) in [6.45, 7) is 9.89. The fourth-order valence-electron chi connectivity index (χ4n) is 4.39. The van der Waals surface area contributed by atoms with Crippen molar-refractivity contribution >= 4 is 23.4 Å². The molecule has 2 atom stereocenters. The van der Waals surface area contributed by atoms with Crippen LogP contribution in [0.3, 0.4) is 0 Å². The van der Waals surface area contributed by atoms with E-state index in [1.165, 1.54) is 24.3 Å². The molecular formula is C22H32FN3O4. The Bertz CT molecular complexity index is 789. The van der Waals surface area contributed by atoms with E-state index >= 15 is 0 Å². The van der Waals surface area contributed by atoms with Gasteiger partial charge in [0.25, 0.3) is 0 Å². The number of hydrogen-bond acceptors (Lipinski definition) is 4. The Kier molecular flexibility index (Phi) is 7.23. The third-order valence-corrected chi connectivity index (χ3v) is 5.46. The van der Waals surface area contributed by atoms with Gasteiger partial charge in [-0.05, 0) is 48.4 Å². The summed E-state index contributed by atoms with van der Waals surface area (Å²) >= 11 is 0. The number of nitrogens with one attached hydrogen (secondary N) is 2. The average molecular weight is 422 g/mol. The van der Waals surface area contributed by atoms with Crippen LogP contribution in [0.1, 0.15) is 53.9 Å². The van der Waals surface area contributed by atoms with Crippen molar-refractivity contribution < 1.29 is 24.0 Å². The van der Waals surface area contributed by atoms with Gasteiger partial charge in [0.1, 0.15) is 11.9 Å². The lowest BCUT2D eigenvalue weighted by Gasteiger charge is -2.38. The van der Waals surface area contributed by atoms with Crippen molar-refractivity contribution in [1.29, 1.82) is 0 Å². The zero-order chi connectivity index (χ0) is 22.7. The van der Waals surface area contributed by atoms with Crippen LogP contribution in [-0.4, -0.2) is 40.4 Å². The van der Waals surface area contributed by atoms with E-state index in [1.807, 2.05) is 34.6 Å². The Morgan fingerprint density at radius 3 is 2.33 bits per heavy atom. The zero-order valence-corrected chi connectivity index (χ0v) is 18.3. The molecule has 3 amide bonds. The summed E-state index contributed by atoms with van der Waals surface area (Å²) < 4.78 is 13.2. The smallest absolute Gasteiger partial charge is 0.247 e. The van der Waals surface area contributed by atoms with Crippen molar-refractivity contribution in [2.75, 3.05) is 11.9 Å². The van der Waals surface area contributed by atoms with Crippen LogP contribution < -0.4 is 10.8 Å². The summed E-state index contributed by atoms with van der Waals surface area (Å²) in [4.78, 5) is 40.2. The lowest BCUT2D eigenvalue weighted by molar-refractivity contribution is -0.148. The van der Waals surface area contributed by atoms with Crippen LogP contribution in [0.4, 0.5) is 10.1 Å². The van der Waals surface area contributed by atoms with E-state index in [2.05, 4.69) is 5.32 Å². The van der Waals surface area contributed by atoms with Gasteiger partial charge in [-0.2, -0.15) is 0 Å². The highest BCUT2D eigenvalue weighted by Gasteiger charge is 2.53. The first-order chi connectivity index (χ1) is 13.9. The molecule has 1 aromatic carbocycles. The molecule has 3 N–H and O–H groups in total. The second kappa shape index (κ2) is 9.12. The topological polar surface area (TPSA) is 98.7 Å². The largest absolute Gasteiger partial charge is 0.330 e. The number of carbonyl (C=O) groups excluding carboxylic acids is 3. The van der Waals surface area contributed by atoms with Gasteiger partial charge in [-0.1, -0.05) is 34.6 Å². The minimum Gasteiger partial charge on any atom is -0.330 e. The van der Waals surface area contributed by atoms with Gasteiger partial charge in [0.2, 0.25) is 17.7 Å². The first-order valence-corrected chi connectivity index (χ1v) is 10.2. The van der Waals surface area contributed by atoms with E-state index in [0.717, 1.165) is 0 Å². The second-order valence-corrected chi connectivity index (χ2v) is 9.60. The summed E-state index contributed by atoms with van der Waals surface area (Å²) in [6, 6.07) is 4.66. The minimum atomic E-state index is -0.958. The molecule has 1 aromatic rings. The Labute approximate surface area is 177 Å². The SMILES string of the molecule is CC(C)C[C@@]1(CC(=O)NO)CCN([C@H](C(=O)Nc2ccc(F)cc2)C(C)(C)C)C1=O. The molecule has 1 aliphatic rings. The van der Waals surface area contributed by atoms with Crippen LogP contribution in [0.25, 0.3) is 0 Å². The molecule has 8 heteroatoms. The van der Waals surface area contributed by atoms with E-state index in [1.54, 1.807) is 10.4 Å². The number of hydrogen-bond donors (Lipinski definition) is 3. The molecule has 1 fully saturated rings. The summed E-state index contributed by atoms with van der Waals surface area (Å²) in [6.07, 6.45) is 0.771. The van der Waals surface area contributed by atoms with Crippen molar-refractivity contribution in [2.45, 2.75) is 59.9 Å². The van der Waals surface area contributed by atoms with Crippen LogP contribution in [-0.2, 0) is 14.4 Å². The van der Waals surface area contributed by atoms with Crippen LogP contribution in [0.2, 0.25) is 0 Å². The normalized spacial score (nSPS) is 20.4. The summed E-state index contributed by atoms with van der Waals surface area (Å²) in [7, 11) is 0. The third kappa shape index (κ3) is 5.36. The monoisotopic (exact) mass is 421 g/mol. The average Bonchev–Trinajstić information content (AvgIpc) is 2.91. The fourth-order valence-corrected chi connectivity index (χ4v) is 4.39. The highest BCUT2D eigenvalue weighted by atomic mass is 19.1. The van der Waals surface area contributed by atoms with E-state index in [9.17, 15) is 18.8 Å². The van der Waals surface area contributed by atoms with Gasteiger partial charge < -0.3 is 10.2 Å². The predicted octanol–water partition coefficient (Wildman–Crippen LogP) is 3.34. The van der Waals surface area contributed by atoms with E-state index in [0.29, 0.717) is 25.1 Å². The summed E-state index contributed by atoms with van der Waals surface area (Å²) in [5.74, 6) is -1.49. The molecule has 0 saturated carbocycles. The molecule has 7 nitrogen and oxygen atoms in total. The molecule has 1 aliphatic heterocycles. The number of benzene rings is 1. The first kappa shape index (κ1) is 23.8. The standard InChI is InChI=1S/C22H32FN3O4/c1-14(2)12-22(13-17(27)25-30)10-11-26(20(22)29)18(21(3,4)5)19(28)24-16-8-6-15(23)7-9-16/h6-9,14,18,30H,10-13H2,1-5H3,(H,24,28)(H,25,27)/t18-,22-/m1/s1. The van der Waals surface area contributed by atoms with Crippen molar-refractivity contribution in [3.05, 3.63) is 30.1 Å². The van der Waals surface area contributed by atoms with Crippen molar-refractivity contribution in [1.82, 2.24) is 10.4 Å². The number of nitrogens with zero attached hydrogens (tertiary/aromatic N) is 1. The van der Waals surface area contributed by atoms with Crippen LogP contribution in [0, 0.1) is 22.6 Å². The molecule has 0 bridgehead atoms. The quantitative estimate of drug-likeness (QED) is 0.464. The molecule has 1 heterocycles. The van der Waals surface area contributed by atoms with Gasteiger partial charge in [0.15, 0.2) is 0 Å². The number of hydroxylamine groups is 1. The van der Waals surface area contributed by atoms with E-state index in [4.69, 9.17) is 5.21 Å². The van der Waals surface area contributed by atoms with Crippen molar-refractivity contribution in [3.63, 3.8) is 0 Å². The van der Waals surface area contributed by atoms with Crippen molar-refractivity contribution in [3.8, 4) is 0 Å². The zero-order valence-electron chi connectivity index (χ0n) is 18.3. The summed E-state index contributed by atoms with van der Waals surface area (Å²) in [5.41, 5.74) is 0.531. The number of carbonyl (C=O) groups is 3. The van der Waals surface area contributed by atoms with E-state index in [-0.39, 0.29) is 24.2 Å². The maximum atomic E-state index is 13.5. The Morgan fingerprint density at radius 1 is 1.23 bits per heavy atom. The van der Waals surface area contributed by atoms with Gasteiger partial charge in [-0.15, -0.1) is 0 Å². The van der Waals surface area contributed by atoms with Gasteiger partial charge >= 0.3 is 0 Å². The number of amides is 3. The Morgan fingerprint density at radius 2 is 1.83 bits per heavy atom. The number of likely N-dealkylation sites (tertiary alicyclic amines) is 1. The van der Waals surface area contributed by atoms with Gasteiger partial charge in [-0.3, -0.25) is 19.6 Å². The number of halogens is 1. The maximum Gasteiger partial charge on any atom is 0.247 e. The lowest BCUT2D eigenvalue weighted by Crippen LogP contribution is -2.54. The highest BCUT2D eigenvalue weighted by molar-refractivity contribution is 5.99. The van der Waals surface area contributed by atoms with Crippen LogP contribution >= 0.6 is 0 Å². The second-order valence-electron chi connectivity index (χ2n) is 9.60. The molecule has 0 unspecified atom stereocenters. The molecule has 0 aromatic heterocycles. The molecule has 0 radical (unpaired) electrons. The molecule has 2 rings (SSSR count). The molecule has 1 saturated heterocycles. The maximum absolute atomic E-state index is 13.5. The minimum absolute atomic E-state index is 0.131. The van der Waals surface area contributed by atoms with Gasteiger partial charge in [-0.25, -0.2) is 9.87 Å².